The zero-order valence-electron chi connectivity index (χ0n) is 56.8. The van der Waals surface area contributed by atoms with Gasteiger partial charge >= 0.3 is 166 Å². The standard InChI is InChI=1S/C54H68N16O24S4.4Na/c1-51-53(3)67-27-59-41-39-55(43(59)71)25-57-40-42-61(45(57)73)29-69-49(77)65-23-33-34(38(94-16-8-20-98(88,89)90)12-11-37(33)93-15-7-19-97(85,86)87)24-66-50(78)70(54(69,4)52(65,66)2)30-62(42)46(74)58(40)26-56(39)44(72)60(41)28-68(53)48(76)64(51)22-32-31(21-63(51)47(67)75)35(91-13-5-17-95(79,80)81)9-10-36(32)92-14-6-18-96(82,83)84;;;;/h9-12,39-42H,5-8,13-30H2,1-4H3,(H,79,80,81)(H,82,83,84)(H,85,86,87)(H,88,89,90);;;;/q;4*+1/p-4. The first-order chi connectivity index (χ1) is 45.9. The molecule has 0 aromatic heterocycles. The predicted octanol–water partition coefficient (Wildman–Crippen LogP) is -13.5. The summed E-state index contributed by atoms with van der Waals surface area (Å²) in [6.07, 6.45) is -6.13. The van der Waals surface area contributed by atoms with E-state index >= 15 is 38.4 Å². The molecule has 0 aliphatic carbocycles. The molecule has 0 radical (unpaired) electrons. The molecule has 13 aliphatic heterocycles. The van der Waals surface area contributed by atoms with Crippen molar-refractivity contribution in [1.82, 2.24) is 78.4 Å². The maximum atomic E-state index is 15.6. The van der Waals surface area contributed by atoms with Gasteiger partial charge in [0.15, 0.2) is 47.3 Å². The number of urea groups is 8. The van der Waals surface area contributed by atoms with Crippen LogP contribution in [0.2, 0.25) is 0 Å². The van der Waals surface area contributed by atoms with Crippen molar-refractivity contribution in [3.8, 4) is 23.0 Å². The van der Waals surface area contributed by atoms with Gasteiger partial charge in [0.25, 0.3) is 0 Å². The molecule has 11 saturated heterocycles. The number of benzene rings is 2. The molecule has 532 valence electrons. The molecule has 0 saturated carbocycles. The van der Waals surface area contributed by atoms with Crippen molar-refractivity contribution in [3.05, 3.63) is 46.5 Å². The van der Waals surface area contributed by atoms with Crippen LogP contribution in [0.1, 0.15) is 75.6 Å². The van der Waals surface area contributed by atoms with Crippen LogP contribution in [0.15, 0.2) is 24.3 Å². The Morgan fingerprint density at radius 3 is 0.676 bits per heavy atom. The molecule has 15 rings (SSSR count). The van der Waals surface area contributed by atoms with E-state index in [4.69, 9.17) is 18.9 Å². The summed E-state index contributed by atoms with van der Waals surface area (Å²) in [5.74, 6) is -2.61. The van der Waals surface area contributed by atoms with Gasteiger partial charge in [-0.15, -0.1) is 0 Å². The van der Waals surface area contributed by atoms with E-state index in [2.05, 4.69) is 0 Å². The Bertz CT molecular complexity index is 3900. The molecule has 2 aromatic carbocycles. The van der Waals surface area contributed by atoms with Gasteiger partial charge in [0, 0.05) is 45.3 Å². The van der Waals surface area contributed by atoms with Crippen LogP contribution in [0.25, 0.3) is 0 Å². The van der Waals surface area contributed by atoms with Crippen molar-refractivity contribution in [3.63, 3.8) is 0 Å². The number of carbonyl (C=O) groups is 8. The second-order valence-electron chi connectivity index (χ2n) is 26.6. The minimum Gasteiger partial charge on any atom is -0.748 e. The molecule has 0 bridgehead atoms. The van der Waals surface area contributed by atoms with Crippen molar-refractivity contribution in [2.45, 2.75) is 127 Å². The predicted molar refractivity (Wildman–Crippen MR) is 317 cm³/mol. The fourth-order valence-electron chi connectivity index (χ4n) is 16.8. The number of hydrogen-bond acceptors (Lipinski definition) is 24. The zero-order chi connectivity index (χ0) is 70.0. The first-order valence-corrected chi connectivity index (χ1v) is 37.5. The summed E-state index contributed by atoms with van der Waals surface area (Å²) in [6, 6.07) is -0.123. The van der Waals surface area contributed by atoms with Gasteiger partial charge in [0.1, 0.15) is 63.0 Å². The molecule has 0 unspecified atom stereocenters. The number of ether oxygens (including phenoxy) is 4. The number of rotatable bonds is 20. The summed E-state index contributed by atoms with van der Waals surface area (Å²) in [4.78, 5) is 146. The monoisotopic (exact) mass is 1540 g/mol. The van der Waals surface area contributed by atoms with E-state index in [0.29, 0.717) is 0 Å². The van der Waals surface area contributed by atoms with E-state index < -0.39 is 199 Å². The normalized spacial score (nSPS) is 28.5. The van der Waals surface area contributed by atoms with E-state index in [0.717, 1.165) is 0 Å². The average Bonchev–Trinajstić information content (AvgIpc) is 1.50. The molecule has 0 atom stereocenters. The van der Waals surface area contributed by atoms with Crippen molar-refractivity contribution in [1.29, 1.82) is 0 Å². The van der Waals surface area contributed by atoms with Crippen molar-refractivity contribution in [2.75, 3.05) is 89.5 Å². The minimum absolute atomic E-state index is 0. The summed E-state index contributed by atoms with van der Waals surface area (Å²) in [5.41, 5.74) is -5.75. The van der Waals surface area contributed by atoms with Crippen LogP contribution in [-0.2, 0) is 66.7 Å². The van der Waals surface area contributed by atoms with Gasteiger partial charge < -0.3 is 37.2 Å². The SMILES string of the molecule is CC12N3Cc4c(OCCCS(=O)(=O)[O-])ccc(OCCCS(=O)(=O)[O-])c4CN1C(=O)N1CN4C(=O)N5CN6C(=O)N7CN8C(=O)N9Cc%10c(OCCCS(=O)(=O)[O-])ccc(OCCCS(=O)(=O)[O-])c%10CN%10C(=O)N(CN%11C(=O)N(CN%12C(=O)N(CN(C3=O)C12C)C4C%125)C6C%117)C8(C)C%109C.[Na+].[Na+].[Na+].[Na+]. The van der Waals surface area contributed by atoms with Crippen LogP contribution in [0.3, 0.4) is 0 Å². The van der Waals surface area contributed by atoms with Gasteiger partial charge in [-0.05, 0) is 77.6 Å². The fraction of sp³-hybridized carbons (Fsp3) is 0.630. The van der Waals surface area contributed by atoms with Crippen molar-refractivity contribution >= 4 is 88.7 Å². The van der Waals surface area contributed by atoms with E-state index in [1.807, 2.05) is 0 Å². The second kappa shape index (κ2) is 26.7. The maximum absolute atomic E-state index is 15.6. The van der Waals surface area contributed by atoms with Crippen LogP contribution in [0.4, 0.5) is 38.4 Å². The number of nitrogens with zero attached hydrogens (tertiary/aromatic N) is 16. The van der Waals surface area contributed by atoms with Crippen LogP contribution in [0.5, 0.6) is 23.0 Å². The van der Waals surface area contributed by atoms with Gasteiger partial charge in [-0.3, -0.25) is 78.4 Å². The van der Waals surface area contributed by atoms with E-state index in [1.165, 1.54) is 103 Å². The number of hydrogen-bond donors (Lipinski definition) is 0. The van der Waals surface area contributed by atoms with Gasteiger partial charge in [-0.25, -0.2) is 72.0 Å². The fourth-order valence-corrected chi connectivity index (χ4v) is 18.7. The largest absolute Gasteiger partial charge is 1.00 e. The Labute approximate surface area is 673 Å². The molecule has 11 fully saturated rings. The van der Waals surface area contributed by atoms with E-state index in [-0.39, 0.29) is 242 Å². The molecule has 0 spiro atoms. The van der Waals surface area contributed by atoms with Crippen molar-refractivity contribution in [2.24, 2.45) is 0 Å². The minimum atomic E-state index is -4.64. The topological polar surface area (TPSA) is 454 Å². The third-order valence-corrected chi connectivity index (χ3v) is 25.0. The summed E-state index contributed by atoms with van der Waals surface area (Å²) in [5, 5.41) is 0. The molecular weight excluding hydrogens is 1480 g/mol. The summed E-state index contributed by atoms with van der Waals surface area (Å²) in [7, 11) is -18.6. The Morgan fingerprint density at radius 2 is 0.490 bits per heavy atom. The van der Waals surface area contributed by atoms with E-state index in [9.17, 15) is 51.9 Å². The molecular formula is C54H64N16Na4O24S4. The van der Waals surface area contributed by atoms with Gasteiger partial charge in [-0.1, -0.05) is 0 Å². The summed E-state index contributed by atoms with van der Waals surface area (Å²) in [6.45, 7) is 0.547. The molecule has 0 N–H and O–H groups in total. The Morgan fingerprint density at radius 1 is 0.314 bits per heavy atom. The third-order valence-electron chi connectivity index (χ3n) is 21.8. The van der Waals surface area contributed by atoms with E-state index in [1.54, 1.807) is 27.7 Å². The molecule has 13 heterocycles. The van der Waals surface area contributed by atoms with Gasteiger partial charge in [-0.2, -0.15) is 0 Å². The quantitative estimate of drug-likeness (QED) is 0.0675. The number of fused-ring (bicyclic) bond motifs is 2. The molecule has 48 heteroatoms. The Balaban J connectivity index is 0.00000261. The average molecular weight is 1540 g/mol. The summed E-state index contributed by atoms with van der Waals surface area (Å²) >= 11 is 0. The first kappa shape index (κ1) is 78.5. The molecule has 13 aliphatic rings. The van der Waals surface area contributed by atoms with Crippen LogP contribution >= 0.6 is 0 Å². The second-order valence-corrected chi connectivity index (χ2v) is 32.6. The van der Waals surface area contributed by atoms with Gasteiger partial charge in [0.2, 0.25) is 0 Å². The van der Waals surface area contributed by atoms with Crippen LogP contribution in [0, 0.1) is 0 Å². The van der Waals surface area contributed by atoms with Crippen LogP contribution in [-0.4, -0.2) is 315 Å². The van der Waals surface area contributed by atoms with Crippen LogP contribution < -0.4 is 137 Å². The number of amides is 16. The Hall–Kier alpha value is -4.56. The third kappa shape index (κ3) is 11.6. The molecule has 2 aromatic rings. The van der Waals surface area contributed by atoms with Crippen molar-refractivity contribution < 1.29 is 227 Å². The smallest absolute Gasteiger partial charge is 0.748 e. The maximum Gasteiger partial charge on any atom is 1.00 e. The number of carbonyl (C=O) groups excluding carboxylic acids is 8. The zero-order valence-corrected chi connectivity index (χ0v) is 68.0. The Kier molecular flexibility index (Phi) is 20.5. The molecule has 16 amide bonds. The van der Waals surface area contributed by atoms with Gasteiger partial charge in [0.05, 0.1) is 93.1 Å². The summed E-state index contributed by atoms with van der Waals surface area (Å²) < 4.78 is 163. The first-order valence-electron chi connectivity index (χ1n) is 31.2. The molecule has 40 nitrogen and oxygen atoms in total. The molecule has 102 heavy (non-hydrogen) atoms.